The highest BCUT2D eigenvalue weighted by Crippen LogP contribution is 2.18. The van der Waals surface area contributed by atoms with Gasteiger partial charge in [-0.1, -0.05) is 6.92 Å². The number of amides is 1. The monoisotopic (exact) mass is 242 g/mol. The molecule has 0 radical (unpaired) electrons. The first kappa shape index (κ1) is 14.0. The number of hydrogen-bond acceptors (Lipinski definition) is 3. The van der Waals surface area contributed by atoms with Crippen molar-refractivity contribution in [3.63, 3.8) is 0 Å². The normalized spacial score (nSPS) is 20.6. The molecule has 1 atom stereocenters. The van der Waals surface area contributed by atoms with Gasteiger partial charge in [-0.3, -0.25) is 14.5 Å². The molecule has 5 nitrogen and oxygen atoms in total. The summed E-state index contributed by atoms with van der Waals surface area (Å²) in [6.45, 7) is 5.77. The lowest BCUT2D eigenvalue weighted by Gasteiger charge is -2.37. The molecule has 1 aliphatic rings. The minimum absolute atomic E-state index is 0.0543. The molecule has 1 amide bonds. The molecule has 1 rings (SSSR count). The van der Waals surface area contributed by atoms with Gasteiger partial charge in [0.25, 0.3) is 0 Å². The van der Waals surface area contributed by atoms with Crippen LogP contribution in [0.1, 0.15) is 33.1 Å². The summed E-state index contributed by atoms with van der Waals surface area (Å²) in [5.74, 6) is -0.710. The molecule has 0 saturated carbocycles. The van der Waals surface area contributed by atoms with Gasteiger partial charge < -0.3 is 10.0 Å². The summed E-state index contributed by atoms with van der Waals surface area (Å²) in [4.78, 5) is 26.0. The second-order valence-corrected chi connectivity index (χ2v) is 4.58. The molecule has 1 fully saturated rings. The van der Waals surface area contributed by atoms with Crippen LogP contribution in [0.2, 0.25) is 0 Å². The molecule has 0 spiro atoms. The van der Waals surface area contributed by atoms with Crippen LogP contribution in [0.4, 0.5) is 0 Å². The van der Waals surface area contributed by atoms with Crippen LogP contribution < -0.4 is 0 Å². The lowest BCUT2D eigenvalue weighted by molar-refractivity contribution is -0.138. The lowest BCUT2D eigenvalue weighted by Crippen LogP contribution is -2.49. The van der Waals surface area contributed by atoms with Crippen LogP contribution in [-0.2, 0) is 9.59 Å². The minimum atomic E-state index is -0.808. The number of carboxylic acid groups (broad SMARTS) is 1. The van der Waals surface area contributed by atoms with E-state index in [1.807, 2.05) is 16.7 Å². The van der Waals surface area contributed by atoms with Gasteiger partial charge in [0.05, 0.1) is 6.54 Å². The predicted molar refractivity (Wildman–Crippen MR) is 64.8 cm³/mol. The van der Waals surface area contributed by atoms with Gasteiger partial charge in [-0.15, -0.1) is 0 Å². The van der Waals surface area contributed by atoms with Crippen LogP contribution in [0.25, 0.3) is 0 Å². The fourth-order valence-electron chi connectivity index (χ4n) is 2.40. The summed E-state index contributed by atoms with van der Waals surface area (Å²) in [6, 6.07) is 0.181. The summed E-state index contributed by atoms with van der Waals surface area (Å²) in [5.41, 5.74) is 0. The maximum absolute atomic E-state index is 11.5. The molecule has 17 heavy (non-hydrogen) atoms. The smallest absolute Gasteiger partial charge is 0.317 e. The molecular weight excluding hydrogens is 220 g/mol. The topological polar surface area (TPSA) is 60.9 Å². The van der Waals surface area contributed by atoms with E-state index < -0.39 is 5.97 Å². The zero-order valence-electron chi connectivity index (χ0n) is 10.7. The Kier molecular flexibility index (Phi) is 5.41. The lowest BCUT2D eigenvalue weighted by atomic mass is 10.0. The Balaban J connectivity index is 2.56. The zero-order chi connectivity index (χ0) is 12.8. The van der Waals surface area contributed by atoms with E-state index in [-0.39, 0.29) is 18.5 Å². The summed E-state index contributed by atoms with van der Waals surface area (Å²) < 4.78 is 0. The average Bonchev–Trinajstić information content (AvgIpc) is 2.28. The van der Waals surface area contributed by atoms with Crippen molar-refractivity contribution in [1.29, 1.82) is 0 Å². The number of carbonyl (C=O) groups excluding carboxylic acids is 1. The van der Waals surface area contributed by atoms with Crippen LogP contribution in [0, 0.1) is 0 Å². The Morgan fingerprint density at radius 1 is 1.41 bits per heavy atom. The molecular formula is C12H22N2O3. The van der Waals surface area contributed by atoms with Crippen molar-refractivity contribution >= 4 is 11.9 Å². The van der Waals surface area contributed by atoms with Gasteiger partial charge in [0.1, 0.15) is 0 Å². The van der Waals surface area contributed by atoms with Crippen molar-refractivity contribution in [3.8, 4) is 0 Å². The van der Waals surface area contributed by atoms with Crippen LogP contribution >= 0.6 is 0 Å². The SMILES string of the molecule is CCN(CC(=O)O)CC1CCCCN1C(C)=O. The molecule has 0 aromatic heterocycles. The molecule has 0 bridgehead atoms. The Labute approximate surface area is 102 Å². The van der Waals surface area contributed by atoms with Gasteiger partial charge in [0.15, 0.2) is 0 Å². The number of carboxylic acids is 1. The fraction of sp³-hybridized carbons (Fsp3) is 0.833. The average molecular weight is 242 g/mol. The molecule has 1 heterocycles. The van der Waals surface area contributed by atoms with E-state index in [1.54, 1.807) is 6.92 Å². The van der Waals surface area contributed by atoms with E-state index in [1.165, 1.54) is 0 Å². The fourth-order valence-corrected chi connectivity index (χ4v) is 2.40. The third-order valence-corrected chi connectivity index (χ3v) is 3.31. The third-order valence-electron chi connectivity index (χ3n) is 3.31. The van der Waals surface area contributed by atoms with Crippen molar-refractivity contribution < 1.29 is 14.7 Å². The van der Waals surface area contributed by atoms with E-state index >= 15 is 0 Å². The molecule has 1 aliphatic heterocycles. The third kappa shape index (κ3) is 4.34. The number of likely N-dealkylation sites (tertiary alicyclic amines) is 1. The maximum Gasteiger partial charge on any atom is 0.317 e. The van der Waals surface area contributed by atoms with Crippen LogP contribution in [0.15, 0.2) is 0 Å². The van der Waals surface area contributed by atoms with Crippen molar-refractivity contribution in [3.05, 3.63) is 0 Å². The molecule has 1 saturated heterocycles. The first-order valence-corrected chi connectivity index (χ1v) is 6.26. The Hall–Kier alpha value is -1.10. The molecule has 98 valence electrons. The van der Waals surface area contributed by atoms with E-state index in [0.29, 0.717) is 13.1 Å². The quantitative estimate of drug-likeness (QED) is 0.774. The van der Waals surface area contributed by atoms with Gasteiger partial charge in [-0.25, -0.2) is 0 Å². The van der Waals surface area contributed by atoms with E-state index in [4.69, 9.17) is 5.11 Å². The number of piperidine rings is 1. The van der Waals surface area contributed by atoms with Crippen LogP contribution in [0.3, 0.4) is 0 Å². The molecule has 0 aromatic rings. The summed E-state index contributed by atoms with van der Waals surface area (Å²) >= 11 is 0. The van der Waals surface area contributed by atoms with Gasteiger partial charge in [-0.2, -0.15) is 0 Å². The van der Waals surface area contributed by atoms with Gasteiger partial charge in [-0.05, 0) is 25.8 Å². The number of nitrogens with zero attached hydrogens (tertiary/aromatic N) is 2. The standard InChI is InChI=1S/C12H22N2O3/c1-3-13(9-12(16)17)8-11-6-4-5-7-14(11)10(2)15/h11H,3-9H2,1-2H3,(H,16,17). The number of hydrogen-bond donors (Lipinski definition) is 1. The second kappa shape index (κ2) is 6.59. The van der Waals surface area contributed by atoms with Crippen molar-refractivity contribution in [2.24, 2.45) is 0 Å². The van der Waals surface area contributed by atoms with E-state index in [0.717, 1.165) is 25.8 Å². The number of carbonyl (C=O) groups is 2. The summed E-state index contributed by atoms with van der Waals surface area (Å²) in [7, 11) is 0. The molecule has 5 heteroatoms. The van der Waals surface area contributed by atoms with Crippen molar-refractivity contribution in [1.82, 2.24) is 9.80 Å². The summed E-state index contributed by atoms with van der Waals surface area (Å²) in [6.07, 6.45) is 3.16. The molecule has 1 N–H and O–H groups in total. The van der Waals surface area contributed by atoms with E-state index in [9.17, 15) is 9.59 Å². The summed E-state index contributed by atoms with van der Waals surface area (Å²) in [5, 5.41) is 8.80. The van der Waals surface area contributed by atoms with Crippen LogP contribution in [-0.4, -0.2) is 59.0 Å². The van der Waals surface area contributed by atoms with Gasteiger partial charge in [0, 0.05) is 26.1 Å². The predicted octanol–water partition coefficient (Wildman–Crippen LogP) is 0.794. The highest BCUT2D eigenvalue weighted by Gasteiger charge is 2.26. The van der Waals surface area contributed by atoms with E-state index in [2.05, 4.69) is 0 Å². The Morgan fingerprint density at radius 3 is 2.65 bits per heavy atom. The van der Waals surface area contributed by atoms with Crippen molar-refractivity contribution in [2.45, 2.75) is 39.2 Å². The number of aliphatic carboxylic acids is 1. The largest absolute Gasteiger partial charge is 0.480 e. The zero-order valence-corrected chi connectivity index (χ0v) is 10.7. The molecule has 1 unspecified atom stereocenters. The van der Waals surface area contributed by atoms with Crippen molar-refractivity contribution in [2.75, 3.05) is 26.2 Å². The minimum Gasteiger partial charge on any atom is -0.480 e. The van der Waals surface area contributed by atoms with Crippen LogP contribution in [0.5, 0.6) is 0 Å². The Morgan fingerprint density at radius 2 is 2.12 bits per heavy atom. The highest BCUT2D eigenvalue weighted by atomic mass is 16.4. The first-order valence-electron chi connectivity index (χ1n) is 6.26. The second-order valence-electron chi connectivity index (χ2n) is 4.58. The maximum atomic E-state index is 11.5. The number of likely N-dealkylation sites (N-methyl/N-ethyl adjacent to an activating group) is 1. The van der Waals surface area contributed by atoms with Gasteiger partial charge >= 0.3 is 5.97 Å². The highest BCUT2D eigenvalue weighted by molar-refractivity contribution is 5.73. The number of rotatable bonds is 5. The first-order chi connectivity index (χ1) is 8.04. The molecule has 0 aromatic carbocycles. The van der Waals surface area contributed by atoms with Gasteiger partial charge in [0.2, 0.25) is 5.91 Å². The molecule has 0 aliphatic carbocycles. The Bertz CT molecular complexity index is 281.